The third kappa shape index (κ3) is 6.50. The van der Waals surface area contributed by atoms with E-state index in [9.17, 15) is 13.2 Å². The summed E-state index contributed by atoms with van der Waals surface area (Å²) < 4.78 is 39.0. The molecule has 2 heterocycles. The molecule has 9 heteroatoms. The minimum atomic E-state index is -3.71. The first-order chi connectivity index (χ1) is 17.0. The van der Waals surface area contributed by atoms with Crippen LogP contribution in [0.1, 0.15) is 31.1 Å². The Hall–Kier alpha value is -3.14. The van der Waals surface area contributed by atoms with Crippen LogP contribution < -0.4 is 10.1 Å². The molecule has 8 nitrogen and oxygen atoms in total. The predicted octanol–water partition coefficient (Wildman–Crippen LogP) is 4.10. The SMILES string of the molecule is CCOc1ccc(NC(=O)CN(Cc2ccccc2)Cc2ccco2)cc1S(=O)(=O)N1CCCC1. The molecule has 1 amide bonds. The number of nitrogens with zero attached hydrogens (tertiary/aromatic N) is 2. The van der Waals surface area contributed by atoms with Crippen molar-refractivity contribution in [1.29, 1.82) is 0 Å². The van der Waals surface area contributed by atoms with Gasteiger partial charge in [-0.2, -0.15) is 4.31 Å². The van der Waals surface area contributed by atoms with Gasteiger partial charge in [0.25, 0.3) is 0 Å². The zero-order valence-corrected chi connectivity index (χ0v) is 20.7. The molecule has 0 unspecified atom stereocenters. The number of furan rings is 1. The van der Waals surface area contributed by atoms with Crippen molar-refractivity contribution in [1.82, 2.24) is 9.21 Å². The van der Waals surface area contributed by atoms with Gasteiger partial charge in [0, 0.05) is 25.3 Å². The molecule has 1 N–H and O–H groups in total. The van der Waals surface area contributed by atoms with Crippen molar-refractivity contribution >= 4 is 21.6 Å². The van der Waals surface area contributed by atoms with Crippen LogP contribution in [-0.4, -0.2) is 49.8 Å². The maximum Gasteiger partial charge on any atom is 0.246 e. The summed E-state index contributed by atoms with van der Waals surface area (Å²) in [4.78, 5) is 15.0. The van der Waals surface area contributed by atoms with Gasteiger partial charge < -0.3 is 14.5 Å². The van der Waals surface area contributed by atoms with Crippen molar-refractivity contribution in [2.24, 2.45) is 0 Å². The van der Waals surface area contributed by atoms with Crippen LogP contribution in [-0.2, 0) is 27.9 Å². The number of sulfonamides is 1. The average molecular weight is 498 g/mol. The summed E-state index contributed by atoms with van der Waals surface area (Å²) in [5, 5.41) is 2.86. The van der Waals surface area contributed by atoms with Gasteiger partial charge in [0.1, 0.15) is 16.4 Å². The number of ether oxygens (including phenoxy) is 1. The molecule has 1 aliphatic heterocycles. The van der Waals surface area contributed by atoms with E-state index in [0.717, 1.165) is 24.2 Å². The highest BCUT2D eigenvalue weighted by molar-refractivity contribution is 7.89. The van der Waals surface area contributed by atoms with Gasteiger partial charge in [0.05, 0.1) is 26.0 Å². The number of carbonyl (C=O) groups is 1. The van der Waals surface area contributed by atoms with Crippen LogP contribution in [0.5, 0.6) is 5.75 Å². The minimum absolute atomic E-state index is 0.0794. The van der Waals surface area contributed by atoms with Crippen molar-refractivity contribution in [2.75, 3.05) is 31.6 Å². The molecule has 0 saturated carbocycles. The van der Waals surface area contributed by atoms with Gasteiger partial charge in [0.15, 0.2) is 0 Å². The monoisotopic (exact) mass is 497 g/mol. The van der Waals surface area contributed by atoms with E-state index in [2.05, 4.69) is 5.32 Å². The van der Waals surface area contributed by atoms with Crippen LogP contribution in [0.3, 0.4) is 0 Å². The van der Waals surface area contributed by atoms with E-state index >= 15 is 0 Å². The predicted molar refractivity (Wildman–Crippen MR) is 133 cm³/mol. The molecule has 2 aromatic carbocycles. The van der Waals surface area contributed by atoms with E-state index in [0.29, 0.717) is 44.2 Å². The highest BCUT2D eigenvalue weighted by Gasteiger charge is 2.30. The molecule has 4 rings (SSSR count). The van der Waals surface area contributed by atoms with E-state index < -0.39 is 10.0 Å². The smallest absolute Gasteiger partial charge is 0.246 e. The summed E-state index contributed by atoms with van der Waals surface area (Å²) in [6.45, 7) is 4.27. The first-order valence-corrected chi connectivity index (χ1v) is 13.2. The zero-order valence-electron chi connectivity index (χ0n) is 19.9. The Morgan fingerprint density at radius 2 is 1.83 bits per heavy atom. The van der Waals surface area contributed by atoms with Crippen molar-refractivity contribution in [2.45, 2.75) is 37.8 Å². The third-order valence-electron chi connectivity index (χ3n) is 5.79. The lowest BCUT2D eigenvalue weighted by Gasteiger charge is -2.22. The van der Waals surface area contributed by atoms with E-state index in [1.807, 2.05) is 54.3 Å². The normalized spacial score (nSPS) is 14.3. The van der Waals surface area contributed by atoms with Crippen molar-refractivity contribution in [3.63, 3.8) is 0 Å². The van der Waals surface area contributed by atoms with Gasteiger partial charge >= 0.3 is 0 Å². The van der Waals surface area contributed by atoms with Gasteiger partial charge in [-0.3, -0.25) is 9.69 Å². The Balaban J connectivity index is 1.51. The summed E-state index contributed by atoms with van der Waals surface area (Å²) >= 11 is 0. The molecule has 1 aliphatic rings. The fourth-order valence-corrected chi connectivity index (χ4v) is 5.84. The molecule has 1 aromatic heterocycles. The first kappa shape index (κ1) is 25.0. The topological polar surface area (TPSA) is 92.1 Å². The maximum absolute atomic E-state index is 13.2. The van der Waals surface area contributed by atoms with E-state index in [1.165, 1.54) is 10.4 Å². The summed E-state index contributed by atoms with van der Waals surface area (Å²) in [6, 6.07) is 18.3. The third-order valence-corrected chi connectivity index (χ3v) is 7.71. The van der Waals surface area contributed by atoms with Gasteiger partial charge in [-0.1, -0.05) is 30.3 Å². The quantitative estimate of drug-likeness (QED) is 0.429. The molecule has 0 aliphatic carbocycles. The van der Waals surface area contributed by atoms with Crippen molar-refractivity contribution in [3.8, 4) is 5.75 Å². The molecule has 1 saturated heterocycles. The van der Waals surface area contributed by atoms with Gasteiger partial charge in [-0.15, -0.1) is 0 Å². The highest BCUT2D eigenvalue weighted by Crippen LogP contribution is 2.31. The number of rotatable bonds is 11. The maximum atomic E-state index is 13.2. The summed E-state index contributed by atoms with van der Waals surface area (Å²) in [5.74, 6) is 0.802. The summed E-state index contributed by atoms with van der Waals surface area (Å²) in [6.07, 6.45) is 3.29. The van der Waals surface area contributed by atoms with Gasteiger partial charge in [-0.25, -0.2) is 8.42 Å². The second-order valence-corrected chi connectivity index (χ2v) is 10.4. The number of hydrogen-bond acceptors (Lipinski definition) is 6. The average Bonchev–Trinajstić information content (AvgIpc) is 3.56. The first-order valence-electron chi connectivity index (χ1n) is 11.8. The second-order valence-electron chi connectivity index (χ2n) is 8.46. The van der Waals surface area contributed by atoms with Crippen LogP contribution >= 0.6 is 0 Å². The molecule has 0 radical (unpaired) electrons. The van der Waals surface area contributed by atoms with Crippen molar-refractivity contribution in [3.05, 3.63) is 78.3 Å². The molecule has 35 heavy (non-hydrogen) atoms. The van der Waals surface area contributed by atoms with E-state index in [1.54, 1.807) is 18.4 Å². The Kier molecular flexibility index (Phi) is 8.22. The number of carbonyl (C=O) groups excluding carboxylic acids is 1. The molecule has 3 aromatic rings. The van der Waals surface area contributed by atoms with Crippen LogP contribution in [0.2, 0.25) is 0 Å². The molecular formula is C26H31N3O5S. The lowest BCUT2D eigenvalue weighted by molar-refractivity contribution is -0.117. The Labute approximate surface area is 206 Å². The standard InChI is InChI=1S/C26H31N3O5S/c1-2-33-24-13-12-22(17-25(24)35(31,32)29-14-6-7-15-29)27-26(30)20-28(19-23-11-8-16-34-23)18-21-9-4-3-5-10-21/h3-5,8-13,16-17H,2,6-7,14-15,18-20H2,1H3,(H,27,30). The number of anilines is 1. The fourth-order valence-electron chi connectivity index (χ4n) is 4.17. The van der Waals surface area contributed by atoms with Crippen molar-refractivity contribution < 1.29 is 22.4 Å². The lowest BCUT2D eigenvalue weighted by atomic mass is 10.2. The zero-order chi connectivity index (χ0) is 24.7. The van der Waals surface area contributed by atoms with E-state index in [4.69, 9.17) is 9.15 Å². The lowest BCUT2D eigenvalue weighted by Crippen LogP contribution is -2.32. The Bertz CT molecular complexity index is 1210. The van der Waals surface area contributed by atoms with Crippen LogP contribution in [0.4, 0.5) is 5.69 Å². The Morgan fingerprint density at radius 1 is 1.06 bits per heavy atom. The van der Waals surface area contributed by atoms with Gasteiger partial charge in [0.2, 0.25) is 15.9 Å². The molecule has 0 bridgehead atoms. The fraction of sp³-hybridized carbons (Fsp3) is 0.346. The number of benzene rings is 2. The minimum Gasteiger partial charge on any atom is -0.492 e. The summed E-state index contributed by atoms with van der Waals surface area (Å²) in [5.41, 5.74) is 1.49. The number of amides is 1. The van der Waals surface area contributed by atoms with Gasteiger partial charge in [-0.05, 0) is 55.7 Å². The second kappa shape index (κ2) is 11.5. The molecule has 0 spiro atoms. The van der Waals surface area contributed by atoms with E-state index in [-0.39, 0.29) is 17.3 Å². The molecule has 1 fully saturated rings. The summed E-state index contributed by atoms with van der Waals surface area (Å²) in [7, 11) is -3.71. The molecular weight excluding hydrogens is 466 g/mol. The molecule has 186 valence electrons. The van der Waals surface area contributed by atoms with Crippen LogP contribution in [0.25, 0.3) is 0 Å². The largest absolute Gasteiger partial charge is 0.492 e. The molecule has 0 atom stereocenters. The number of hydrogen-bond donors (Lipinski definition) is 1. The Morgan fingerprint density at radius 3 is 2.51 bits per heavy atom. The highest BCUT2D eigenvalue weighted by atomic mass is 32.2. The van der Waals surface area contributed by atoms with Crippen LogP contribution in [0.15, 0.2) is 76.2 Å². The van der Waals surface area contributed by atoms with Crippen LogP contribution in [0, 0.1) is 0 Å². The number of nitrogens with one attached hydrogen (secondary N) is 1.